The van der Waals surface area contributed by atoms with Gasteiger partial charge in [-0.05, 0) is 36.1 Å². The van der Waals surface area contributed by atoms with Crippen LogP contribution < -0.4 is 15.2 Å². The third-order valence-corrected chi connectivity index (χ3v) is 6.10. The van der Waals surface area contributed by atoms with Crippen LogP contribution in [0.5, 0.6) is 5.75 Å². The van der Waals surface area contributed by atoms with Gasteiger partial charge in [0.1, 0.15) is 0 Å². The first-order valence-electron chi connectivity index (χ1n) is 11.3. The third kappa shape index (κ3) is 4.54. The number of oxazole rings is 1. The van der Waals surface area contributed by atoms with E-state index in [0.717, 1.165) is 35.2 Å². The van der Waals surface area contributed by atoms with Crippen molar-refractivity contribution in [2.45, 2.75) is 19.9 Å². The van der Waals surface area contributed by atoms with Crippen LogP contribution in [-0.4, -0.2) is 47.1 Å². The lowest BCUT2D eigenvalue weighted by Gasteiger charge is -2.24. The van der Waals surface area contributed by atoms with E-state index in [0.29, 0.717) is 43.4 Å². The predicted octanol–water partition coefficient (Wildman–Crippen LogP) is 4.82. The minimum absolute atomic E-state index is 0.0748. The number of aromatic nitrogens is 2. The number of halogens is 1. The van der Waals surface area contributed by atoms with Crippen LogP contribution in [0.1, 0.15) is 18.0 Å². The first-order valence-corrected chi connectivity index (χ1v) is 11.3. The van der Waals surface area contributed by atoms with Crippen LogP contribution in [-0.2, 0) is 6.54 Å². The molecule has 5 rings (SSSR count). The molecule has 9 heteroatoms. The third-order valence-electron chi connectivity index (χ3n) is 6.10. The summed E-state index contributed by atoms with van der Waals surface area (Å²) in [5.74, 6) is 1.02. The molecule has 0 unspecified atom stereocenters. The van der Waals surface area contributed by atoms with Gasteiger partial charge in [0, 0.05) is 60.6 Å². The molecule has 0 bridgehead atoms. The SMILES string of the molecule is Cc1ncc(-c2ccc(N3CCCN(C(=O)NCc4cc5ccccc5[nH]4)CC3)cc2OF)o1. The Bertz CT molecular complexity index is 1270. The maximum absolute atomic E-state index is 13.3. The Hall–Kier alpha value is -4.01. The molecule has 2 aromatic heterocycles. The van der Waals surface area contributed by atoms with Crippen LogP contribution in [0, 0.1) is 6.92 Å². The standard InChI is InChI=1S/C25H26FN5O3/c1-17-27-16-24(33-17)21-8-7-20(14-23(21)34-26)30-9-4-10-31(12-11-30)25(32)28-15-19-13-18-5-2-3-6-22(18)29-19/h2-3,5-8,13-14,16,29H,4,9-12,15H2,1H3,(H,28,32). The van der Waals surface area contributed by atoms with Crippen LogP contribution in [0.4, 0.5) is 15.0 Å². The smallest absolute Gasteiger partial charge is 0.317 e. The van der Waals surface area contributed by atoms with Crippen LogP contribution in [0.2, 0.25) is 0 Å². The lowest BCUT2D eigenvalue weighted by molar-refractivity contribution is -0.00555. The average molecular weight is 464 g/mol. The Balaban J connectivity index is 1.21. The second kappa shape index (κ2) is 9.46. The Morgan fingerprint density at radius 3 is 2.85 bits per heavy atom. The maximum Gasteiger partial charge on any atom is 0.317 e. The fraction of sp³-hybridized carbons (Fsp3) is 0.280. The van der Waals surface area contributed by atoms with Crippen molar-refractivity contribution in [3.8, 4) is 17.1 Å². The van der Waals surface area contributed by atoms with Gasteiger partial charge >= 0.3 is 6.03 Å². The first-order chi connectivity index (χ1) is 16.6. The van der Waals surface area contributed by atoms with Gasteiger partial charge in [-0.3, -0.25) is 4.94 Å². The van der Waals surface area contributed by atoms with E-state index in [2.05, 4.69) is 25.1 Å². The van der Waals surface area contributed by atoms with E-state index in [1.165, 1.54) is 0 Å². The molecule has 0 aliphatic carbocycles. The second-order valence-electron chi connectivity index (χ2n) is 8.37. The highest BCUT2D eigenvalue weighted by molar-refractivity contribution is 5.80. The summed E-state index contributed by atoms with van der Waals surface area (Å²) in [6, 6.07) is 15.3. The molecule has 176 valence electrons. The summed E-state index contributed by atoms with van der Waals surface area (Å²) in [6.07, 6.45) is 2.35. The van der Waals surface area contributed by atoms with Crippen LogP contribution >= 0.6 is 0 Å². The predicted molar refractivity (Wildman–Crippen MR) is 127 cm³/mol. The second-order valence-corrected chi connectivity index (χ2v) is 8.37. The Morgan fingerprint density at radius 1 is 1.18 bits per heavy atom. The molecule has 1 saturated heterocycles. The molecule has 2 amide bonds. The molecule has 0 atom stereocenters. The van der Waals surface area contributed by atoms with Gasteiger partial charge in [0.15, 0.2) is 17.4 Å². The van der Waals surface area contributed by atoms with Crippen molar-refractivity contribution in [2.24, 2.45) is 0 Å². The number of benzene rings is 2. The number of hydrogen-bond donors (Lipinski definition) is 2. The number of amides is 2. The van der Waals surface area contributed by atoms with Gasteiger partial charge in [0.05, 0.1) is 18.3 Å². The molecule has 34 heavy (non-hydrogen) atoms. The Labute approximate surface area is 196 Å². The van der Waals surface area contributed by atoms with Crippen LogP contribution in [0.3, 0.4) is 0 Å². The number of para-hydroxylation sites is 1. The largest absolute Gasteiger partial charge is 0.441 e. The number of anilines is 1. The summed E-state index contributed by atoms with van der Waals surface area (Å²) in [4.78, 5) is 28.3. The summed E-state index contributed by atoms with van der Waals surface area (Å²) in [5.41, 5.74) is 3.35. The lowest BCUT2D eigenvalue weighted by atomic mass is 10.1. The average Bonchev–Trinajstić information content (AvgIpc) is 3.40. The molecule has 8 nitrogen and oxygen atoms in total. The van der Waals surface area contributed by atoms with Crippen molar-refractivity contribution in [1.29, 1.82) is 0 Å². The Kier molecular flexibility index (Phi) is 6.07. The minimum atomic E-state index is -0.0932. The Morgan fingerprint density at radius 2 is 2.06 bits per heavy atom. The van der Waals surface area contributed by atoms with E-state index in [4.69, 9.17) is 4.42 Å². The number of aryl methyl sites for hydroxylation is 1. The van der Waals surface area contributed by atoms with E-state index in [1.807, 2.05) is 41.3 Å². The summed E-state index contributed by atoms with van der Waals surface area (Å²) >= 11 is 0. The molecule has 1 aliphatic heterocycles. The van der Waals surface area contributed by atoms with Crippen molar-refractivity contribution < 1.29 is 18.7 Å². The summed E-state index contributed by atoms with van der Waals surface area (Å²) in [5, 5.41) is 4.13. The molecule has 1 fully saturated rings. The quantitative estimate of drug-likeness (QED) is 0.443. The summed E-state index contributed by atoms with van der Waals surface area (Å²) < 4.78 is 18.8. The number of nitrogens with zero attached hydrogens (tertiary/aromatic N) is 3. The minimum Gasteiger partial charge on any atom is -0.441 e. The van der Waals surface area contributed by atoms with Crippen molar-refractivity contribution >= 4 is 22.6 Å². The molecule has 3 heterocycles. The van der Waals surface area contributed by atoms with Gasteiger partial charge in [-0.25, -0.2) is 9.78 Å². The fourth-order valence-corrected chi connectivity index (χ4v) is 4.35. The molecule has 0 spiro atoms. The van der Waals surface area contributed by atoms with Crippen molar-refractivity contribution in [1.82, 2.24) is 20.2 Å². The zero-order chi connectivity index (χ0) is 23.5. The van der Waals surface area contributed by atoms with Crippen molar-refractivity contribution in [3.63, 3.8) is 0 Å². The monoisotopic (exact) mass is 463 g/mol. The molecular weight excluding hydrogens is 437 g/mol. The number of aromatic amines is 1. The molecule has 2 N–H and O–H groups in total. The first kappa shape index (κ1) is 21.8. The molecule has 0 radical (unpaired) electrons. The van der Waals surface area contributed by atoms with Gasteiger partial charge in [0.2, 0.25) is 0 Å². The highest BCUT2D eigenvalue weighted by Crippen LogP contribution is 2.34. The number of rotatable bonds is 5. The number of carbonyl (C=O) groups excluding carboxylic acids is 1. The number of urea groups is 1. The van der Waals surface area contributed by atoms with Crippen LogP contribution in [0.15, 0.2) is 59.1 Å². The fourth-order valence-electron chi connectivity index (χ4n) is 4.35. The van der Waals surface area contributed by atoms with Gasteiger partial charge in [0.25, 0.3) is 0 Å². The highest BCUT2D eigenvalue weighted by Gasteiger charge is 2.21. The van der Waals surface area contributed by atoms with Gasteiger partial charge in [-0.1, -0.05) is 18.2 Å². The van der Waals surface area contributed by atoms with Crippen molar-refractivity contribution in [2.75, 3.05) is 31.1 Å². The van der Waals surface area contributed by atoms with Gasteiger partial charge in [-0.15, -0.1) is 0 Å². The molecular formula is C25H26FN5O3. The molecule has 0 saturated carbocycles. The molecule has 4 aromatic rings. The molecule has 1 aliphatic rings. The zero-order valence-corrected chi connectivity index (χ0v) is 18.9. The van der Waals surface area contributed by atoms with Crippen LogP contribution in [0.25, 0.3) is 22.2 Å². The summed E-state index contributed by atoms with van der Waals surface area (Å²) in [7, 11) is 0. The normalized spacial score (nSPS) is 14.3. The topological polar surface area (TPSA) is 86.6 Å². The summed E-state index contributed by atoms with van der Waals surface area (Å²) in [6.45, 7) is 4.76. The zero-order valence-electron chi connectivity index (χ0n) is 18.9. The van der Waals surface area contributed by atoms with Gasteiger partial charge in [-0.2, -0.15) is 0 Å². The van der Waals surface area contributed by atoms with E-state index >= 15 is 0 Å². The molecule has 2 aromatic carbocycles. The number of nitrogens with one attached hydrogen (secondary N) is 2. The number of H-pyrrole nitrogens is 1. The lowest BCUT2D eigenvalue weighted by Crippen LogP contribution is -2.41. The van der Waals surface area contributed by atoms with E-state index in [-0.39, 0.29) is 11.8 Å². The van der Waals surface area contributed by atoms with E-state index in [9.17, 15) is 9.32 Å². The van der Waals surface area contributed by atoms with Crippen molar-refractivity contribution in [3.05, 3.63) is 66.3 Å². The van der Waals surface area contributed by atoms with E-state index < -0.39 is 0 Å². The number of fused-ring (bicyclic) bond motifs is 1. The number of carbonyl (C=O) groups is 1. The number of hydrogen-bond acceptors (Lipinski definition) is 5. The van der Waals surface area contributed by atoms with E-state index in [1.54, 1.807) is 25.3 Å². The maximum atomic E-state index is 13.3. The van der Waals surface area contributed by atoms with Gasteiger partial charge < -0.3 is 24.5 Å². The highest BCUT2D eigenvalue weighted by atomic mass is 19.3.